The van der Waals surface area contributed by atoms with E-state index in [0.717, 1.165) is 30.3 Å². The molecule has 0 aromatic heterocycles. The molecule has 0 heterocycles. The minimum atomic E-state index is -3.49. The molecular weight excluding hydrogens is 609 g/mol. The van der Waals surface area contributed by atoms with Gasteiger partial charge in [-0.3, -0.25) is 4.57 Å². The van der Waals surface area contributed by atoms with Crippen LogP contribution in [0.4, 0.5) is 0 Å². The molecule has 0 radical (unpaired) electrons. The van der Waals surface area contributed by atoms with Crippen LogP contribution in [0.3, 0.4) is 0 Å². The lowest BCUT2D eigenvalue weighted by Gasteiger charge is -2.24. The molecule has 0 saturated carbocycles. The fraction of sp³-hybridized carbons (Fsp3) is 1.00. The Balaban J connectivity index is 4.08. The van der Waals surface area contributed by atoms with Crippen LogP contribution in [0.1, 0.15) is 232 Å². The molecule has 1 N–H and O–H groups in total. The van der Waals surface area contributed by atoms with Gasteiger partial charge in [0.1, 0.15) is 0 Å². The fourth-order valence-corrected chi connectivity index (χ4v) is 8.24. The van der Waals surface area contributed by atoms with Crippen LogP contribution in [0.2, 0.25) is 0 Å². The third-order valence-electron chi connectivity index (χ3n) is 10.5. The molecule has 0 aliphatic rings. The van der Waals surface area contributed by atoms with Gasteiger partial charge in [0, 0.05) is 6.42 Å². The first-order chi connectivity index (χ1) is 23.2. The molecule has 2 unspecified atom stereocenters. The topological polar surface area (TPSA) is 46.5 Å². The van der Waals surface area contributed by atoms with Crippen molar-refractivity contribution < 1.29 is 18.5 Å². The highest BCUT2D eigenvalue weighted by Crippen LogP contribution is 2.43. The van der Waals surface area contributed by atoms with E-state index in [2.05, 4.69) is 35.0 Å². The molecule has 5 heteroatoms. The van der Waals surface area contributed by atoms with Gasteiger partial charge in [-0.15, -0.1) is 0 Å². The Morgan fingerprint density at radius 1 is 0.458 bits per heavy atom. The summed E-state index contributed by atoms with van der Waals surface area (Å²) < 4.78 is 19.4. The van der Waals surface area contributed by atoms with Gasteiger partial charge in [-0.1, -0.05) is 213 Å². The molecule has 0 amide bonds. The van der Waals surface area contributed by atoms with Crippen LogP contribution in [0.5, 0.6) is 0 Å². The first kappa shape index (κ1) is 48.1. The molecule has 4 nitrogen and oxygen atoms in total. The number of unbranched alkanes of at least 4 members (excludes halogenated alkanes) is 29. The first-order valence-electron chi connectivity index (χ1n) is 22.0. The predicted molar refractivity (Wildman–Crippen MR) is 215 cm³/mol. The van der Waals surface area contributed by atoms with Gasteiger partial charge in [-0.05, 0) is 18.8 Å². The standard InChI is InChI=1S/C43H90NO3P/c1-6-8-10-12-14-16-18-20-22-24-26-28-30-32-34-36-39-43(42-47-48(45,46)41-37-40-44(3,4)5)38-35-33-31-29-27-25-23-21-19-17-15-13-11-9-7-2/h43H,6-42H2,1-5H3/p+1. The smallest absolute Gasteiger partial charge is 0.328 e. The molecule has 0 aliphatic heterocycles. The van der Waals surface area contributed by atoms with Crippen LogP contribution in [0.15, 0.2) is 0 Å². The molecule has 0 rings (SSSR count). The maximum atomic E-state index is 12.8. The summed E-state index contributed by atoms with van der Waals surface area (Å²) in [5.74, 6) is 0.428. The van der Waals surface area contributed by atoms with Gasteiger partial charge in [-0.25, -0.2) is 0 Å². The maximum absolute atomic E-state index is 12.8. The number of hydrogen-bond acceptors (Lipinski definition) is 2. The Morgan fingerprint density at radius 2 is 0.729 bits per heavy atom. The summed E-state index contributed by atoms with van der Waals surface area (Å²) in [6.45, 7) is 5.96. The highest BCUT2D eigenvalue weighted by atomic mass is 31.2. The zero-order valence-corrected chi connectivity index (χ0v) is 34.8. The van der Waals surface area contributed by atoms with Crippen LogP contribution in [-0.2, 0) is 9.09 Å². The summed E-state index contributed by atoms with van der Waals surface area (Å²) in [6, 6.07) is 0. The molecule has 48 heavy (non-hydrogen) atoms. The van der Waals surface area contributed by atoms with Crippen molar-refractivity contribution in [3.05, 3.63) is 0 Å². The average molecular weight is 701 g/mol. The van der Waals surface area contributed by atoms with E-state index in [0.29, 0.717) is 12.5 Å². The Hall–Kier alpha value is 0.110. The fourth-order valence-electron chi connectivity index (χ4n) is 7.13. The molecule has 290 valence electrons. The largest absolute Gasteiger partial charge is 0.331 e. The van der Waals surface area contributed by atoms with E-state index in [-0.39, 0.29) is 6.16 Å². The predicted octanol–water partition coefficient (Wildman–Crippen LogP) is 14.8. The second-order valence-corrected chi connectivity index (χ2v) is 18.7. The molecule has 0 fully saturated rings. The minimum absolute atomic E-state index is 0.285. The summed E-state index contributed by atoms with van der Waals surface area (Å²) >= 11 is 0. The molecule has 0 spiro atoms. The van der Waals surface area contributed by atoms with Crippen molar-refractivity contribution in [2.45, 2.75) is 232 Å². The van der Waals surface area contributed by atoms with E-state index in [1.54, 1.807) is 0 Å². The van der Waals surface area contributed by atoms with Gasteiger partial charge in [0.25, 0.3) is 0 Å². The van der Waals surface area contributed by atoms with Gasteiger partial charge < -0.3 is 13.9 Å². The van der Waals surface area contributed by atoms with Crippen LogP contribution >= 0.6 is 7.60 Å². The van der Waals surface area contributed by atoms with Gasteiger partial charge >= 0.3 is 7.60 Å². The third-order valence-corrected chi connectivity index (χ3v) is 11.9. The molecule has 0 aliphatic carbocycles. The monoisotopic (exact) mass is 701 g/mol. The van der Waals surface area contributed by atoms with Crippen molar-refractivity contribution in [3.63, 3.8) is 0 Å². The number of quaternary nitrogens is 1. The SMILES string of the molecule is CCCCCCCCCCCCCCCCCCC(CCCCCCCCCCCCCCCCC)COP(=O)(O)CCC[N+](C)(C)C. The summed E-state index contributed by atoms with van der Waals surface area (Å²) in [4.78, 5) is 10.5. The Bertz CT molecular complexity index is 679. The second-order valence-electron chi connectivity index (χ2n) is 16.7. The van der Waals surface area contributed by atoms with Crippen molar-refractivity contribution in [2.24, 2.45) is 5.92 Å². The summed E-state index contributed by atoms with van der Waals surface area (Å²) in [7, 11) is 2.91. The molecule has 0 aromatic rings. The highest BCUT2D eigenvalue weighted by molar-refractivity contribution is 7.52. The van der Waals surface area contributed by atoms with E-state index >= 15 is 0 Å². The quantitative estimate of drug-likeness (QED) is 0.0393. The van der Waals surface area contributed by atoms with Crippen LogP contribution in [0.25, 0.3) is 0 Å². The van der Waals surface area contributed by atoms with Crippen molar-refractivity contribution in [1.29, 1.82) is 0 Å². The number of rotatable bonds is 40. The lowest BCUT2D eigenvalue weighted by Crippen LogP contribution is -2.35. The Labute approximate surface area is 303 Å². The lowest BCUT2D eigenvalue weighted by molar-refractivity contribution is -0.870. The van der Waals surface area contributed by atoms with Gasteiger partial charge in [0.2, 0.25) is 0 Å². The van der Waals surface area contributed by atoms with Crippen LogP contribution in [-0.4, -0.2) is 49.8 Å². The van der Waals surface area contributed by atoms with Crippen LogP contribution < -0.4 is 0 Å². The molecule has 2 atom stereocenters. The van der Waals surface area contributed by atoms with Crippen molar-refractivity contribution >= 4 is 7.60 Å². The third kappa shape index (κ3) is 38.9. The molecular formula is C43H91NO3P+. The summed E-state index contributed by atoms with van der Waals surface area (Å²) in [5, 5.41) is 0. The van der Waals surface area contributed by atoms with Crippen molar-refractivity contribution in [1.82, 2.24) is 0 Å². The normalized spacial score (nSPS) is 14.0. The van der Waals surface area contributed by atoms with Gasteiger partial charge in [0.05, 0.1) is 40.5 Å². The minimum Gasteiger partial charge on any atom is -0.331 e. The second kappa shape index (κ2) is 35.5. The molecule has 0 bridgehead atoms. The van der Waals surface area contributed by atoms with Crippen molar-refractivity contribution in [3.8, 4) is 0 Å². The average Bonchev–Trinajstić information content (AvgIpc) is 3.04. The van der Waals surface area contributed by atoms with E-state index in [4.69, 9.17) is 4.52 Å². The lowest BCUT2D eigenvalue weighted by atomic mass is 9.94. The summed E-state index contributed by atoms with van der Waals surface area (Å²) in [6.07, 6.45) is 46.5. The maximum Gasteiger partial charge on any atom is 0.328 e. The van der Waals surface area contributed by atoms with E-state index in [1.165, 1.54) is 199 Å². The number of hydrogen-bond donors (Lipinski definition) is 1. The zero-order valence-electron chi connectivity index (χ0n) is 33.9. The van der Waals surface area contributed by atoms with Crippen LogP contribution in [0, 0.1) is 5.92 Å². The summed E-state index contributed by atoms with van der Waals surface area (Å²) in [5.41, 5.74) is 0. The first-order valence-corrected chi connectivity index (χ1v) is 23.7. The zero-order chi connectivity index (χ0) is 35.4. The molecule has 0 saturated heterocycles. The number of nitrogens with zero attached hydrogens (tertiary/aromatic N) is 1. The van der Waals surface area contributed by atoms with E-state index < -0.39 is 7.60 Å². The van der Waals surface area contributed by atoms with Gasteiger partial charge in [-0.2, -0.15) is 0 Å². The van der Waals surface area contributed by atoms with Gasteiger partial charge in [0.15, 0.2) is 0 Å². The van der Waals surface area contributed by atoms with E-state index in [1.807, 2.05) is 0 Å². The Morgan fingerprint density at radius 3 is 1.00 bits per heavy atom. The Kier molecular flexibility index (Phi) is 35.6. The van der Waals surface area contributed by atoms with E-state index in [9.17, 15) is 9.46 Å². The van der Waals surface area contributed by atoms with Crippen molar-refractivity contribution in [2.75, 3.05) is 40.5 Å². The molecule has 0 aromatic carbocycles. The highest BCUT2D eigenvalue weighted by Gasteiger charge is 2.23.